The predicted molar refractivity (Wildman–Crippen MR) is 104 cm³/mol. The standard InChI is InChI=1S/C21H22ClN3O/c22-20-7-3-1-6-19(20)14-25-13-17(12-24-25)11-23-10-16-9-18-5-2-4-8-21(18)26-15-16/h1-8,12-13,16,23H,9-11,14-15H2/t16-/m0/s1. The van der Waals surface area contributed by atoms with E-state index in [-0.39, 0.29) is 0 Å². The van der Waals surface area contributed by atoms with E-state index in [1.807, 2.05) is 47.3 Å². The highest BCUT2D eigenvalue weighted by molar-refractivity contribution is 6.31. The zero-order chi connectivity index (χ0) is 17.8. The van der Waals surface area contributed by atoms with Gasteiger partial charge in [-0.3, -0.25) is 4.68 Å². The van der Waals surface area contributed by atoms with E-state index in [1.165, 1.54) is 11.1 Å². The van der Waals surface area contributed by atoms with E-state index in [2.05, 4.69) is 28.7 Å². The Bertz CT molecular complexity index is 877. The van der Waals surface area contributed by atoms with E-state index < -0.39 is 0 Å². The van der Waals surface area contributed by atoms with Gasteiger partial charge in [0.05, 0.1) is 19.3 Å². The van der Waals surface area contributed by atoms with Gasteiger partial charge in [0.15, 0.2) is 0 Å². The molecule has 0 bridgehead atoms. The smallest absolute Gasteiger partial charge is 0.122 e. The van der Waals surface area contributed by atoms with Crippen molar-refractivity contribution in [2.75, 3.05) is 13.2 Å². The second kappa shape index (κ2) is 7.94. The number of para-hydroxylation sites is 1. The van der Waals surface area contributed by atoms with Crippen LogP contribution in [0.3, 0.4) is 0 Å². The summed E-state index contributed by atoms with van der Waals surface area (Å²) in [7, 11) is 0. The van der Waals surface area contributed by atoms with E-state index >= 15 is 0 Å². The van der Waals surface area contributed by atoms with Crippen LogP contribution in [-0.2, 0) is 19.5 Å². The fourth-order valence-corrected chi connectivity index (χ4v) is 3.52. The molecule has 2 heterocycles. The third-order valence-corrected chi connectivity index (χ3v) is 5.06. The number of fused-ring (bicyclic) bond motifs is 1. The molecule has 0 amide bonds. The number of benzene rings is 2. The molecule has 0 saturated carbocycles. The zero-order valence-corrected chi connectivity index (χ0v) is 15.3. The molecule has 2 aromatic carbocycles. The van der Waals surface area contributed by atoms with Gasteiger partial charge in [0, 0.05) is 35.8 Å². The third kappa shape index (κ3) is 4.09. The van der Waals surface area contributed by atoms with E-state index in [4.69, 9.17) is 16.3 Å². The quantitative estimate of drug-likeness (QED) is 0.717. The van der Waals surface area contributed by atoms with Crippen molar-refractivity contribution in [3.8, 4) is 5.75 Å². The van der Waals surface area contributed by atoms with E-state index in [0.29, 0.717) is 12.5 Å². The molecule has 1 N–H and O–H groups in total. The maximum atomic E-state index is 6.22. The van der Waals surface area contributed by atoms with Gasteiger partial charge in [-0.2, -0.15) is 5.10 Å². The third-order valence-electron chi connectivity index (χ3n) is 4.69. The molecule has 0 spiro atoms. The van der Waals surface area contributed by atoms with Gasteiger partial charge in [-0.25, -0.2) is 0 Å². The Kier molecular flexibility index (Phi) is 5.23. The first kappa shape index (κ1) is 17.1. The van der Waals surface area contributed by atoms with Crippen molar-refractivity contribution < 1.29 is 4.74 Å². The Balaban J connectivity index is 1.27. The molecule has 1 aromatic heterocycles. The Morgan fingerprint density at radius 2 is 2.00 bits per heavy atom. The summed E-state index contributed by atoms with van der Waals surface area (Å²) in [6, 6.07) is 16.2. The number of hydrogen-bond donors (Lipinski definition) is 1. The van der Waals surface area contributed by atoms with Crippen molar-refractivity contribution >= 4 is 11.6 Å². The van der Waals surface area contributed by atoms with Gasteiger partial charge in [-0.05, 0) is 29.7 Å². The van der Waals surface area contributed by atoms with Crippen molar-refractivity contribution in [2.24, 2.45) is 5.92 Å². The number of hydrogen-bond acceptors (Lipinski definition) is 3. The molecule has 0 saturated heterocycles. The number of ether oxygens (including phenoxy) is 1. The van der Waals surface area contributed by atoms with Crippen molar-refractivity contribution in [3.05, 3.63) is 82.6 Å². The minimum Gasteiger partial charge on any atom is -0.493 e. The lowest BCUT2D eigenvalue weighted by molar-refractivity contribution is 0.218. The number of rotatable bonds is 6. The highest BCUT2D eigenvalue weighted by Crippen LogP contribution is 2.26. The van der Waals surface area contributed by atoms with Crippen LogP contribution in [0.5, 0.6) is 5.75 Å². The van der Waals surface area contributed by atoms with E-state index in [0.717, 1.165) is 42.5 Å². The lowest BCUT2D eigenvalue weighted by Crippen LogP contribution is -2.31. The van der Waals surface area contributed by atoms with Crippen LogP contribution in [0.25, 0.3) is 0 Å². The van der Waals surface area contributed by atoms with Gasteiger partial charge in [-0.15, -0.1) is 0 Å². The van der Waals surface area contributed by atoms with Crippen molar-refractivity contribution in [1.82, 2.24) is 15.1 Å². The monoisotopic (exact) mass is 367 g/mol. The Morgan fingerprint density at radius 1 is 1.15 bits per heavy atom. The van der Waals surface area contributed by atoms with Crippen LogP contribution in [0.1, 0.15) is 16.7 Å². The molecule has 4 rings (SSSR count). The molecule has 0 radical (unpaired) electrons. The van der Waals surface area contributed by atoms with Crippen LogP contribution >= 0.6 is 11.6 Å². The second-order valence-electron chi connectivity index (χ2n) is 6.76. The molecular weight excluding hydrogens is 346 g/mol. The summed E-state index contributed by atoms with van der Waals surface area (Å²) in [6.45, 7) is 3.20. The van der Waals surface area contributed by atoms with Crippen molar-refractivity contribution in [3.63, 3.8) is 0 Å². The summed E-state index contributed by atoms with van der Waals surface area (Å²) >= 11 is 6.22. The van der Waals surface area contributed by atoms with Gasteiger partial charge >= 0.3 is 0 Å². The first-order valence-corrected chi connectivity index (χ1v) is 9.32. The summed E-state index contributed by atoms with van der Waals surface area (Å²) in [4.78, 5) is 0. The summed E-state index contributed by atoms with van der Waals surface area (Å²) in [5, 5.41) is 8.75. The van der Waals surface area contributed by atoms with Crippen LogP contribution in [-0.4, -0.2) is 22.9 Å². The molecule has 0 fully saturated rings. The lowest BCUT2D eigenvalue weighted by atomic mass is 9.97. The lowest BCUT2D eigenvalue weighted by Gasteiger charge is -2.25. The Labute approximate surface area is 158 Å². The average molecular weight is 368 g/mol. The van der Waals surface area contributed by atoms with Gasteiger partial charge in [-0.1, -0.05) is 48.0 Å². The molecule has 1 atom stereocenters. The summed E-state index contributed by atoms with van der Waals surface area (Å²) < 4.78 is 7.78. The van der Waals surface area contributed by atoms with Crippen LogP contribution < -0.4 is 10.1 Å². The molecule has 3 aromatic rings. The molecular formula is C21H22ClN3O. The van der Waals surface area contributed by atoms with Gasteiger partial charge in [0.25, 0.3) is 0 Å². The van der Waals surface area contributed by atoms with Crippen LogP contribution in [0, 0.1) is 5.92 Å². The first-order valence-electron chi connectivity index (χ1n) is 8.94. The molecule has 0 unspecified atom stereocenters. The maximum absolute atomic E-state index is 6.22. The molecule has 1 aliphatic heterocycles. The fraction of sp³-hybridized carbons (Fsp3) is 0.286. The van der Waals surface area contributed by atoms with Crippen LogP contribution in [0.2, 0.25) is 5.02 Å². The van der Waals surface area contributed by atoms with Gasteiger partial charge < -0.3 is 10.1 Å². The summed E-state index contributed by atoms with van der Waals surface area (Å²) in [5.41, 5.74) is 3.56. The topological polar surface area (TPSA) is 39.1 Å². The normalized spacial score (nSPS) is 16.1. The number of nitrogens with one attached hydrogen (secondary N) is 1. The first-order chi connectivity index (χ1) is 12.8. The van der Waals surface area contributed by atoms with E-state index in [1.54, 1.807) is 0 Å². The average Bonchev–Trinajstić information content (AvgIpc) is 3.11. The summed E-state index contributed by atoms with van der Waals surface area (Å²) in [5.74, 6) is 1.53. The molecule has 5 heteroatoms. The van der Waals surface area contributed by atoms with Crippen molar-refractivity contribution in [1.29, 1.82) is 0 Å². The SMILES string of the molecule is Clc1ccccc1Cn1cc(CNC[C@H]2COc3ccccc3C2)cn1. The zero-order valence-electron chi connectivity index (χ0n) is 14.6. The molecule has 134 valence electrons. The number of aromatic nitrogens is 2. The highest BCUT2D eigenvalue weighted by atomic mass is 35.5. The van der Waals surface area contributed by atoms with Gasteiger partial charge in [0.2, 0.25) is 0 Å². The molecule has 4 nitrogen and oxygen atoms in total. The Morgan fingerprint density at radius 3 is 2.92 bits per heavy atom. The van der Waals surface area contributed by atoms with Crippen LogP contribution in [0.4, 0.5) is 0 Å². The van der Waals surface area contributed by atoms with Crippen LogP contribution in [0.15, 0.2) is 60.9 Å². The Hall–Kier alpha value is -2.30. The molecule has 26 heavy (non-hydrogen) atoms. The predicted octanol–water partition coefficient (Wildman–Crippen LogP) is 3.93. The molecule has 0 aliphatic carbocycles. The fourth-order valence-electron chi connectivity index (χ4n) is 3.33. The largest absolute Gasteiger partial charge is 0.493 e. The minimum atomic E-state index is 0.503. The second-order valence-corrected chi connectivity index (χ2v) is 7.16. The number of halogens is 1. The number of nitrogens with zero attached hydrogens (tertiary/aromatic N) is 2. The molecule has 1 aliphatic rings. The highest BCUT2D eigenvalue weighted by Gasteiger charge is 2.18. The minimum absolute atomic E-state index is 0.503. The maximum Gasteiger partial charge on any atom is 0.122 e. The van der Waals surface area contributed by atoms with Gasteiger partial charge in [0.1, 0.15) is 5.75 Å². The van der Waals surface area contributed by atoms with E-state index in [9.17, 15) is 0 Å². The van der Waals surface area contributed by atoms with Crippen molar-refractivity contribution in [2.45, 2.75) is 19.5 Å². The summed E-state index contributed by atoms with van der Waals surface area (Å²) in [6.07, 6.45) is 5.05.